The first-order chi connectivity index (χ1) is 32.2. The van der Waals surface area contributed by atoms with Crippen molar-refractivity contribution in [3.63, 3.8) is 0 Å². The maximum absolute atomic E-state index is 2.86. The third-order valence-electron chi connectivity index (χ3n) is 14.3. The van der Waals surface area contributed by atoms with Crippen molar-refractivity contribution in [1.82, 2.24) is 0 Å². The van der Waals surface area contributed by atoms with E-state index in [0.29, 0.717) is 0 Å². The molecule has 0 saturated heterocycles. The number of hydrogen-bond acceptors (Lipinski definition) is 0. The Hall–Kier alpha value is -6.52. The van der Waals surface area contributed by atoms with Gasteiger partial charge < -0.3 is 5.48 Å². The van der Waals surface area contributed by atoms with Gasteiger partial charge in [0.2, 0.25) is 0 Å². The van der Waals surface area contributed by atoms with Crippen LogP contribution in [-0.2, 0) is 0 Å². The molecule has 68 heavy (non-hydrogen) atoms. The molecule has 1 radical (unpaired) electrons. The summed E-state index contributed by atoms with van der Waals surface area (Å²) >= 11 is -2.86. The van der Waals surface area contributed by atoms with E-state index in [1.54, 1.807) is 0 Å². The van der Waals surface area contributed by atoms with Crippen LogP contribution in [0, 0.1) is 83.1 Å². The van der Waals surface area contributed by atoms with Gasteiger partial charge in [-0.3, -0.25) is 0 Å². The van der Waals surface area contributed by atoms with E-state index in [4.69, 9.17) is 0 Å². The van der Waals surface area contributed by atoms with E-state index in [1.807, 2.05) is 0 Å². The Balaban J connectivity index is 0.00000625. The van der Waals surface area contributed by atoms with Gasteiger partial charge in [0.25, 0.3) is 0 Å². The summed E-state index contributed by atoms with van der Waals surface area (Å²) in [5.41, 5.74) is 31.3. The van der Waals surface area contributed by atoms with Gasteiger partial charge in [-0.2, -0.15) is 0 Å². The van der Waals surface area contributed by atoms with Crippen LogP contribution in [0.2, 0.25) is 0 Å². The molecule has 2 heteroatoms. The van der Waals surface area contributed by atoms with Crippen LogP contribution < -0.4 is 13.2 Å². The zero-order valence-corrected chi connectivity index (χ0v) is 44.2. The molecule has 9 rings (SSSR count). The third kappa shape index (κ3) is 9.10. The average Bonchev–Trinajstić information content (AvgIpc) is 3.26. The average molecular weight is 947 g/mol. The van der Waals surface area contributed by atoms with Gasteiger partial charge in [-0.25, -0.2) is 0 Å². The van der Waals surface area contributed by atoms with Gasteiger partial charge in [-0.1, -0.05) is 0 Å². The summed E-state index contributed by atoms with van der Waals surface area (Å²) in [6.45, 7) is 27.3. The Kier molecular flexibility index (Phi) is 13.8. The third-order valence-corrected chi connectivity index (χ3v) is 19.7. The summed E-state index contributed by atoms with van der Waals surface area (Å²) in [6.07, 6.45) is 0. The van der Waals surface area contributed by atoms with Gasteiger partial charge in [-0.15, -0.1) is 0 Å². The van der Waals surface area contributed by atoms with Crippen LogP contribution in [0.4, 0.5) is 0 Å². The van der Waals surface area contributed by atoms with Crippen LogP contribution in [0.5, 0.6) is 0 Å². The molecular formula is C66H65GeO. The summed E-state index contributed by atoms with van der Waals surface area (Å²) in [7, 11) is 0. The fraction of sp³-hybridized carbons (Fsp3) is 0.182. The van der Waals surface area contributed by atoms with E-state index in [-0.39, 0.29) is 5.48 Å². The van der Waals surface area contributed by atoms with E-state index in [2.05, 4.69) is 247 Å². The Morgan fingerprint density at radius 3 is 0.471 bits per heavy atom. The summed E-state index contributed by atoms with van der Waals surface area (Å²) in [6, 6.07) is 63.5. The van der Waals surface area contributed by atoms with Crippen molar-refractivity contribution in [3.8, 4) is 66.8 Å². The zero-order valence-electron chi connectivity index (χ0n) is 42.1. The van der Waals surface area contributed by atoms with Crippen LogP contribution in [0.1, 0.15) is 66.8 Å². The molecule has 9 aromatic carbocycles. The summed E-state index contributed by atoms with van der Waals surface area (Å²) in [4.78, 5) is 0. The van der Waals surface area contributed by atoms with E-state index in [1.165, 1.54) is 147 Å². The quantitative estimate of drug-likeness (QED) is 0.129. The largest absolute Gasteiger partial charge is 0.412 e. The van der Waals surface area contributed by atoms with Crippen molar-refractivity contribution < 1.29 is 5.48 Å². The van der Waals surface area contributed by atoms with Crippen LogP contribution in [0.3, 0.4) is 0 Å². The second-order valence-electron chi connectivity index (χ2n) is 19.4. The SMILES string of the molecule is Cc1cccc(C)c1-c1cc(-c2c(C)cccc2C)c[c]([Ge]([c]2cc(-c3c(C)cccc3C)cc(-c3c(C)cccc3C)c2)[c]2cc(-c3c(C)cccc3C)cc(-c3c(C)cccc3C)c2)c1.O. The summed E-state index contributed by atoms with van der Waals surface area (Å²) in [5.74, 6) is 0. The number of rotatable bonds is 9. The number of hydrogen-bond donors (Lipinski definition) is 0. The maximum atomic E-state index is 2.59. The number of benzene rings is 9. The number of aryl methyl sites for hydroxylation is 12. The van der Waals surface area contributed by atoms with Crippen LogP contribution >= 0.6 is 0 Å². The van der Waals surface area contributed by atoms with Gasteiger partial charge in [0.1, 0.15) is 0 Å². The Labute approximate surface area is 411 Å². The van der Waals surface area contributed by atoms with Gasteiger partial charge in [0.05, 0.1) is 0 Å². The molecule has 0 spiro atoms. The maximum Gasteiger partial charge on any atom is -0.412 e. The van der Waals surface area contributed by atoms with Gasteiger partial charge in [-0.05, 0) is 0 Å². The second kappa shape index (κ2) is 19.6. The van der Waals surface area contributed by atoms with E-state index >= 15 is 0 Å². The molecule has 0 atom stereocenters. The molecule has 339 valence electrons. The van der Waals surface area contributed by atoms with Crippen molar-refractivity contribution in [3.05, 3.63) is 231 Å². The predicted molar refractivity (Wildman–Crippen MR) is 297 cm³/mol. The van der Waals surface area contributed by atoms with Gasteiger partial charge in [0, 0.05) is 0 Å². The van der Waals surface area contributed by atoms with Crippen molar-refractivity contribution in [2.45, 2.75) is 83.1 Å². The first-order valence-electron chi connectivity index (χ1n) is 23.9. The van der Waals surface area contributed by atoms with Gasteiger partial charge >= 0.3 is 408 Å². The summed E-state index contributed by atoms with van der Waals surface area (Å²) in [5, 5.41) is 0. The molecule has 0 aliphatic carbocycles. The molecule has 0 bridgehead atoms. The molecule has 9 aromatic rings. The molecule has 0 aliphatic rings. The van der Waals surface area contributed by atoms with Crippen molar-refractivity contribution in [2.24, 2.45) is 0 Å². The molecule has 0 fully saturated rings. The van der Waals surface area contributed by atoms with Crippen molar-refractivity contribution in [2.75, 3.05) is 0 Å². The zero-order chi connectivity index (χ0) is 47.3. The molecule has 0 amide bonds. The van der Waals surface area contributed by atoms with Crippen LogP contribution in [0.15, 0.2) is 164 Å². The second-order valence-corrected chi connectivity index (χ2v) is 24.6. The van der Waals surface area contributed by atoms with E-state index < -0.39 is 14.3 Å². The minimum absolute atomic E-state index is 0. The summed E-state index contributed by atoms with van der Waals surface area (Å²) < 4.78 is 4.32. The van der Waals surface area contributed by atoms with Gasteiger partial charge in [0.15, 0.2) is 0 Å². The normalized spacial score (nSPS) is 11.2. The standard InChI is InChI=1S/C66H63Ge.H2O/c1-40-19-13-20-41(2)61(40)52-31-53(62-42(3)21-14-22-43(62)4)35-58(34-52)67(59-36-54(63-44(5)23-15-24-45(63)6)32-55(37-59)64-46(7)25-16-26-47(64)8)60-38-56(65-48(9)27-17-28-49(65)10)33-57(39-60)66-50(11)29-18-30-51(66)12;/h13-39H,1-12H3;1H2. The van der Waals surface area contributed by atoms with Crippen LogP contribution in [0.25, 0.3) is 66.8 Å². The fourth-order valence-electron chi connectivity index (χ4n) is 11.3. The molecule has 0 saturated carbocycles. The predicted octanol–water partition coefficient (Wildman–Crippen LogP) is 15.1. The van der Waals surface area contributed by atoms with Crippen molar-refractivity contribution >= 4 is 27.5 Å². The Bertz CT molecular complexity index is 2700. The first-order valence-corrected chi connectivity index (χ1v) is 27.1. The Morgan fingerprint density at radius 2 is 0.338 bits per heavy atom. The molecule has 0 unspecified atom stereocenters. The van der Waals surface area contributed by atoms with E-state index in [9.17, 15) is 0 Å². The van der Waals surface area contributed by atoms with Crippen molar-refractivity contribution in [1.29, 1.82) is 0 Å². The molecular weight excluding hydrogens is 881 g/mol. The fourth-order valence-corrected chi connectivity index (χ4v) is 17.2. The van der Waals surface area contributed by atoms with E-state index in [0.717, 1.165) is 0 Å². The molecule has 0 aromatic heterocycles. The molecule has 0 aliphatic heterocycles. The first kappa shape index (κ1) is 48.0. The molecule has 1 nitrogen and oxygen atoms in total. The van der Waals surface area contributed by atoms with Crippen LogP contribution in [-0.4, -0.2) is 19.8 Å². The minimum Gasteiger partial charge on any atom is -0.412 e. The monoisotopic (exact) mass is 947 g/mol. The smallest absolute Gasteiger partial charge is 0.412 e. The molecule has 0 heterocycles. The molecule has 2 N–H and O–H groups in total. The Morgan fingerprint density at radius 1 is 0.206 bits per heavy atom. The minimum atomic E-state index is -2.86. The topological polar surface area (TPSA) is 31.5 Å².